The van der Waals surface area contributed by atoms with E-state index in [0.29, 0.717) is 6.04 Å². The molecule has 0 unspecified atom stereocenters. The molecule has 1 aromatic rings. The van der Waals surface area contributed by atoms with Crippen molar-refractivity contribution >= 4 is 5.91 Å². The summed E-state index contributed by atoms with van der Waals surface area (Å²) in [5, 5.41) is 6.55. The standard InChI is InChI=1S/C20H32N4O/c1-17-15-19(7-8-21-17)20(25)22-9-10-23-11-13-24(14-12-23)16-18-5-3-2-4-6-18/h2-6,17,19,21H,7-16H2,1H3,(H,22,25)/t17-,19-/m0/s1. The van der Waals surface area contributed by atoms with E-state index in [1.165, 1.54) is 5.56 Å². The lowest BCUT2D eigenvalue weighted by atomic mass is 9.92. The zero-order valence-corrected chi connectivity index (χ0v) is 15.4. The topological polar surface area (TPSA) is 47.6 Å². The number of nitrogens with zero attached hydrogens (tertiary/aromatic N) is 2. The average molecular weight is 345 g/mol. The third-order valence-electron chi connectivity index (χ3n) is 5.44. The molecule has 0 bridgehead atoms. The zero-order chi connectivity index (χ0) is 17.5. The number of hydrogen-bond acceptors (Lipinski definition) is 4. The number of rotatable bonds is 6. The third kappa shape index (κ3) is 5.80. The molecule has 25 heavy (non-hydrogen) atoms. The summed E-state index contributed by atoms with van der Waals surface area (Å²) in [6.45, 7) is 10.3. The highest BCUT2D eigenvalue weighted by atomic mass is 16.1. The molecule has 2 fully saturated rings. The lowest BCUT2D eigenvalue weighted by Crippen LogP contribution is -2.49. The normalized spacial score (nSPS) is 25.6. The van der Waals surface area contributed by atoms with Gasteiger partial charge >= 0.3 is 0 Å². The lowest BCUT2D eigenvalue weighted by Gasteiger charge is -2.35. The molecule has 5 nitrogen and oxygen atoms in total. The molecule has 1 aromatic carbocycles. The first kappa shape index (κ1) is 18.4. The Morgan fingerprint density at radius 2 is 1.88 bits per heavy atom. The average Bonchev–Trinajstić information content (AvgIpc) is 2.64. The van der Waals surface area contributed by atoms with Crippen LogP contribution in [0.2, 0.25) is 0 Å². The Kier molecular flexibility index (Phi) is 6.84. The Hall–Kier alpha value is -1.43. The molecule has 2 aliphatic rings. The van der Waals surface area contributed by atoms with Gasteiger partial charge in [-0.1, -0.05) is 30.3 Å². The highest BCUT2D eigenvalue weighted by molar-refractivity contribution is 5.78. The number of benzene rings is 1. The molecule has 2 heterocycles. The minimum absolute atomic E-state index is 0.193. The third-order valence-corrected chi connectivity index (χ3v) is 5.44. The number of piperidine rings is 1. The van der Waals surface area contributed by atoms with Gasteiger partial charge in [0.15, 0.2) is 0 Å². The van der Waals surface area contributed by atoms with Gasteiger partial charge in [-0.2, -0.15) is 0 Å². The second-order valence-corrected chi connectivity index (χ2v) is 7.47. The molecule has 2 aliphatic heterocycles. The van der Waals surface area contributed by atoms with E-state index in [1.807, 2.05) is 0 Å². The number of amides is 1. The second-order valence-electron chi connectivity index (χ2n) is 7.47. The van der Waals surface area contributed by atoms with Gasteiger partial charge in [0, 0.05) is 57.8 Å². The summed E-state index contributed by atoms with van der Waals surface area (Å²) >= 11 is 0. The van der Waals surface area contributed by atoms with Crippen LogP contribution in [0.3, 0.4) is 0 Å². The fraction of sp³-hybridized carbons (Fsp3) is 0.650. The summed E-state index contributed by atoms with van der Waals surface area (Å²) in [5.74, 6) is 0.440. The quantitative estimate of drug-likeness (QED) is 0.817. The monoisotopic (exact) mass is 344 g/mol. The molecular formula is C20H32N4O. The van der Waals surface area contributed by atoms with Crippen LogP contribution in [0, 0.1) is 5.92 Å². The predicted molar refractivity (Wildman–Crippen MR) is 101 cm³/mol. The largest absolute Gasteiger partial charge is 0.355 e. The van der Waals surface area contributed by atoms with Crippen LogP contribution in [0.5, 0.6) is 0 Å². The van der Waals surface area contributed by atoms with Crippen LogP contribution in [0.1, 0.15) is 25.3 Å². The molecule has 5 heteroatoms. The Bertz CT molecular complexity index is 528. The van der Waals surface area contributed by atoms with Crippen molar-refractivity contribution in [3.63, 3.8) is 0 Å². The first-order valence-electron chi connectivity index (χ1n) is 9.70. The number of hydrogen-bond donors (Lipinski definition) is 2. The van der Waals surface area contributed by atoms with Crippen LogP contribution in [0.4, 0.5) is 0 Å². The zero-order valence-electron chi connectivity index (χ0n) is 15.4. The van der Waals surface area contributed by atoms with Crippen molar-refractivity contribution in [2.24, 2.45) is 5.92 Å². The SMILES string of the molecule is C[C@H]1C[C@@H](C(=O)NCCN2CCN(Cc3ccccc3)CC2)CCN1. The van der Waals surface area contributed by atoms with Crippen molar-refractivity contribution in [3.05, 3.63) is 35.9 Å². The fourth-order valence-electron chi connectivity index (χ4n) is 3.86. The number of nitrogens with one attached hydrogen (secondary N) is 2. The Morgan fingerprint density at radius 3 is 2.60 bits per heavy atom. The maximum Gasteiger partial charge on any atom is 0.223 e. The van der Waals surface area contributed by atoms with Crippen LogP contribution in [-0.2, 0) is 11.3 Å². The highest BCUT2D eigenvalue weighted by Crippen LogP contribution is 2.15. The number of carbonyl (C=O) groups excluding carboxylic acids is 1. The fourth-order valence-corrected chi connectivity index (χ4v) is 3.86. The molecule has 1 amide bonds. The van der Waals surface area contributed by atoms with E-state index in [0.717, 1.165) is 65.2 Å². The minimum atomic E-state index is 0.193. The molecule has 3 rings (SSSR count). The van der Waals surface area contributed by atoms with Gasteiger partial charge in [-0.3, -0.25) is 14.6 Å². The van der Waals surface area contributed by atoms with Gasteiger partial charge in [-0.25, -0.2) is 0 Å². The summed E-state index contributed by atoms with van der Waals surface area (Å²) in [5.41, 5.74) is 1.39. The second kappa shape index (κ2) is 9.32. The van der Waals surface area contributed by atoms with Crippen LogP contribution < -0.4 is 10.6 Å². The summed E-state index contributed by atoms with van der Waals surface area (Å²) in [6.07, 6.45) is 1.93. The summed E-state index contributed by atoms with van der Waals surface area (Å²) in [4.78, 5) is 17.3. The lowest BCUT2D eigenvalue weighted by molar-refractivity contribution is -0.126. The summed E-state index contributed by atoms with van der Waals surface area (Å²) in [6, 6.07) is 11.1. The molecule has 0 spiro atoms. The molecule has 0 radical (unpaired) electrons. The smallest absolute Gasteiger partial charge is 0.223 e. The highest BCUT2D eigenvalue weighted by Gasteiger charge is 2.24. The first-order chi connectivity index (χ1) is 12.2. The Labute approximate surface area is 151 Å². The maximum absolute atomic E-state index is 12.3. The van der Waals surface area contributed by atoms with Gasteiger partial charge in [0.1, 0.15) is 0 Å². The molecule has 2 saturated heterocycles. The van der Waals surface area contributed by atoms with E-state index in [-0.39, 0.29) is 11.8 Å². The summed E-state index contributed by atoms with van der Waals surface area (Å²) in [7, 11) is 0. The molecular weight excluding hydrogens is 312 g/mol. The van der Waals surface area contributed by atoms with Crippen molar-refractivity contribution in [3.8, 4) is 0 Å². The van der Waals surface area contributed by atoms with Crippen molar-refractivity contribution < 1.29 is 4.79 Å². The molecule has 0 aliphatic carbocycles. The van der Waals surface area contributed by atoms with Gasteiger partial charge in [-0.15, -0.1) is 0 Å². The van der Waals surface area contributed by atoms with Crippen LogP contribution in [-0.4, -0.2) is 67.6 Å². The van der Waals surface area contributed by atoms with Gasteiger partial charge < -0.3 is 10.6 Å². The van der Waals surface area contributed by atoms with Gasteiger partial charge in [0.2, 0.25) is 5.91 Å². The van der Waals surface area contributed by atoms with Gasteiger partial charge in [-0.05, 0) is 31.9 Å². The van der Waals surface area contributed by atoms with Crippen molar-refractivity contribution in [1.82, 2.24) is 20.4 Å². The van der Waals surface area contributed by atoms with Crippen molar-refractivity contribution in [2.45, 2.75) is 32.4 Å². The molecule has 2 atom stereocenters. The Morgan fingerprint density at radius 1 is 1.16 bits per heavy atom. The van der Waals surface area contributed by atoms with Gasteiger partial charge in [0.25, 0.3) is 0 Å². The van der Waals surface area contributed by atoms with E-state index >= 15 is 0 Å². The van der Waals surface area contributed by atoms with E-state index in [2.05, 4.69) is 57.7 Å². The molecule has 0 saturated carbocycles. The predicted octanol–water partition coefficient (Wildman–Crippen LogP) is 1.31. The number of piperazine rings is 1. The van der Waals surface area contributed by atoms with E-state index in [1.54, 1.807) is 0 Å². The first-order valence-corrected chi connectivity index (χ1v) is 9.70. The Balaban J connectivity index is 1.31. The van der Waals surface area contributed by atoms with E-state index in [4.69, 9.17) is 0 Å². The van der Waals surface area contributed by atoms with Crippen molar-refractivity contribution in [1.29, 1.82) is 0 Å². The summed E-state index contributed by atoms with van der Waals surface area (Å²) < 4.78 is 0. The minimum Gasteiger partial charge on any atom is -0.355 e. The van der Waals surface area contributed by atoms with Crippen molar-refractivity contribution in [2.75, 3.05) is 45.8 Å². The molecule has 2 N–H and O–H groups in total. The van der Waals surface area contributed by atoms with E-state index < -0.39 is 0 Å². The number of carbonyl (C=O) groups is 1. The van der Waals surface area contributed by atoms with Gasteiger partial charge in [0.05, 0.1) is 0 Å². The van der Waals surface area contributed by atoms with Crippen LogP contribution >= 0.6 is 0 Å². The van der Waals surface area contributed by atoms with Crippen LogP contribution in [0.25, 0.3) is 0 Å². The molecule has 138 valence electrons. The van der Waals surface area contributed by atoms with E-state index in [9.17, 15) is 4.79 Å². The molecule has 0 aromatic heterocycles. The van der Waals surface area contributed by atoms with Crippen LogP contribution in [0.15, 0.2) is 30.3 Å². The maximum atomic E-state index is 12.3.